The quantitative estimate of drug-likeness (QED) is 0.913. The van der Waals surface area contributed by atoms with Crippen LogP contribution in [0.4, 0.5) is 8.78 Å². The third kappa shape index (κ3) is 3.70. The molecular formula is C18H19F2NO. The summed E-state index contributed by atoms with van der Waals surface area (Å²) in [6, 6.07) is 13.8. The van der Waals surface area contributed by atoms with Gasteiger partial charge in [0.05, 0.1) is 13.2 Å². The molecule has 1 fully saturated rings. The Morgan fingerprint density at radius 2 is 1.73 bits per heavy atom. The van der Waals surface area contributed by atoms with Crippen molar-refractivity contribution in [1.82, 2.24) is 5.32 Å². The maximum absolute atomic E-state index is 13.1. The maximum Gasteiger partial charge on any atom is 0.126 e. The van der Waals surface area contributed by atoms with Crippen molar-refractivity contribution in [1.29, 1.82) is 0 Å². The van der Waals surface area contributed by atoms with Crippen LogP contribution in [0.3, 0.4) is 0 Å². The second-order valence-corrected chi connectivity index (χ2v) is 5.73. The van der Waals surface area contributed by atoms with Crippen LogP contribution >= 0.6 is 0 Å². The Hall–Kier alpha value is -1.78. The van der Waals surface area contributed by atoms with Gasteiger partial charge in [-0.3, -0.25) is 0 Å². The zero-order valence-electron chi connectivity index (χ0n) is 12.3. The molecule has 2 nitrogen and oxygen atoms in total. The Labute approximate surface area is 129 Å². The van der Waals surface area contributed by atoms with Crippen molar-refractivity contribution in [3.05, 3.63) is 71.3 Å². The first-order valence-electron chi connectivity index (χ1n) is 7.51. The Morgan fingerprint density at radius 1 is 1.00 bits per heavy atom. The largest absolute Gasteiger partial charge is 0.376 e. The number of hydrogen-bond acceptors (Lipinski definition) is 2. The van der Waals surface area contributed by atoms with E-state index in [9.17, 15) is 8.78 Å². The predicted molar refractivity (Wildman–Crippen MR) is 81.6 cm³/mol. The van der Waals surface area contributed by atoms with Gasteiger partial charge in [-0.05, 0) is 23.3 Å². The van der Waals surface area contributed by atoms with Crippen LogP contribution in [0.25, 0.3) is 0 Å². The van der Waals surface area contributed by atoms with Crippen LogP contribution in [0.2, 0.25) is 0 Å². The van der Waals surface area contributed by atoms with Gasteiger partial charge in [0, 0.05) is 31.0 Å². The summed E-state index contributed by atoms with van der Waals surface area (Å²) in [4.78, 5) is 0. The molecule has 0 amide bonds. The Balaban J connectivity index is 1.56. The Kier molecular flexibility index (Phi) is 4.80. The molecule has 1 aliphatic heterocycles. The highest BCUT2D eigenvalue weighted by molar-refractivity contribution is 5.22. The number of rotatable bonds is 5. The molecule has 0 aromatic heterocycles. The molecule has 0 unspecified atom stereocenters. The fraction of sp³-hybridized carbons (Fsp3) is 0.333. The van der Waals surface area contributed by atoms with Gasteiger partial charge in [-0.2, -0.15) is 0 Å². The van der Waals surface area contributed by atoms with E-state index in [4.69, 9.17) is 4.74 Å². The molecule has 1 aliphatic rings. The summed E-state index contributed by atoms with van der Waals surface area (Å²) in [5.41, 5.74) is 1.83. The van der Waals surface area contributed by atoms with Crippen molar-refractivity contribution in [2.75, 3.05) is 19.7 Å². The SMILES string of the molecule is Fc1cc(F)cc(COC[C@@H]2CNC[C@@H]2c2ccccc2)c1. The molecule has 0 radical (unpaired) electrons. The van der Waals surface area contributed by atoms with E-state index in [1.165, 1.54) is 17.7 Å². The zero-order chi connectivity index (χ0) is 15.4. The molecule has 1 heterocycles. The van der Waals surface area contributed by atoms with Crippen LogP contribution < -0.4 is 5.32 Å². The van der Waals surface area contributed by atoms with Gasteiger partial charge in [0.2, 0.25) is 0 Å². The molecule has 0 aliphatic carbocycles. The van der Waals surface area contributed by atoms with Gasteiger partial charge in [-0.25, -0.2) is 8.78 Å². The summed E-state index contributed by atoms with van der Waals surface area (Å²) >= 11 is 0. The van der Waals surface area contributed by atoms with Gasteiger partial charge >= 0.3 is 0 Å². The van der Waals surface area contributed by atoms with Crippen molar-refractivity contribution in [3.8, 4) is 0 Å². The van der Waals surface area contributed by atoms with Gasteiger partial charge in [0.15, 0.2) is 0 Å². The first kappa shape index (κ1) is 15.1. The molecule has 1 saturated heterocycles. The van der Waals surface area contributed by atoms with E-state index < -0.39 is 11.6 Å². The third-order valence-corrected chi connectivity index (χ3v) is 4.09. The van der Waals surface area contributed by atoms with Crippen LogP contribution in [0.5, 0.6) is 0 Å². The van der Waals surface area contributed by atoms with E-state index in [1.807, 2.05) is 18.2 Å². The number of benzene rings is 2. The molecule has 0 spiro atoms. The summed E-state index contributed by atoms with van der Waals surface area (Å²) < 4.78 is 32.0. The number of halogens is 2. The highest BCUT2D eigenvalue weighted by Gasteiger charge is 2.28. The third-order valence-electron chi connectivity index (χ3n) is 4.09. The normalized spacial score (nSPS) is 21.2. The van der Waals surface area contributed by atoms with Crippen molar-refractivity contribution < 1.29 is 13.5 Å². The lowest BCUT2D eigenvalue weighted by Crippen LogP contribution is -2.17. The second-order valence-electron chi connectivity index (χ2n) is 5.73. The lowest BCUT2D eigenvalue weighted by Gasteiger charge is -2.19. The number of nitrogens with one attached hydrogen (secondary N) is 1. The minimum atomic E-state index is -0.566. The molecule has 22 heavy (non-hydrogen) atoms. The minimum Gasteiger partial charge on any atom is -0.376 e. The van der Waals surface area contributed by atoms with Gasteiger partial charge < -0.3 is 10.1 Å². The average Bonchev–Trinajstić information content (AvgIpc) is 2.96. The van der Waals surface area contributed by atoms with E-state index in [2.05, 4.69) is 17.4 Å². The fourth-order valence-electron chi connectivity index (χ4n) is 3.02. The summed E-state index contributed by atoms with van der Waals surface area (Å²) in [5, 5.41) is 3.39. The summed E-state index contributed by atoms with van der Waals surface area (Å²) in [6.45, 7) is 2.64. The van der Waals surface area contributed by atoms with Crippen LogP contribution in [-0.4, -0.2) is 19.7 Å². The van der Waals surface area contributed by atoms with E-state index in [1.54, 1.807) is 0 Å². The van der Waals surface area contributed by atoms with Crippen molar-refractivity contribution in [2.45, 2.75) is 12.5 Å². The first-order valence-corrected chi connectivity index (χ1v) is 7.51. The second kappa shape index (κ2) is 6.99. The van der Waals surface area contributed by atoms with E-state index in [0.717, 1.165) is 19.2 Å². The highest BCUT2D eigenvalue weighted by Crippen LogP contribution is 2.28. The molecule has 1 N–H and O–H groups in total. The molecule has 2 aromatic carbocycles. The fourth-order valence-corrected chi connectivity index (χ4v) is 3.02. The van der Waals surface area contributed by atoms with Crippen LogP contribution in [0.15, 0.2) is 48.5 Å². The average molecular weight is 303 g/mol. The summed E-state index contributed by atoms with van der Waals surface area (Å²) in [5.74, 6) is -0.335. The van der Waals surface area contributed by atoms with Crippen molar-refractivity contribution in [2.24, 2.45) is 5.92 Å². The van der Waals surface area contributed by atoms with E-state index in [-0.39, 0.29) is 6.61 Å². The molecule has 2 atom stereocenters. The number of ether oxygens (including phenoxy) is 1. The molecule has 4 heteroatoms. The summed E-state index contributed by atoms with van der Waals surface area (Å²) in [7, 11) is 0. The molecule has 116 valence electrons. The first-order chi connectivity index (χ1) is 10.7. The Bertz CT molecular complexity index is 597. The van der Waals surface area contributed by atoms with Gasteiger partial charge in [0.1, 0.15) is 11.6 Å². The molecule has 0 saturated carbocycles. The lowest BCUT2D eigenvalue weighted by molar-refractivity contribution is 0.0874. The van der Waals surface area contributed by atoms with Gasteiger partial charge in [-0.1, -0.05) is 30.3 Å². The smallest absolute Gasteiger partial charge is 0.126 e. The molecule has 3 rings (SSSR count). The van der Waals surface area contributed by atoms with Crippen LogP contribution in [0, 0.1) is 17.6 Å². The molecular weight excluding hydrogens is 284 g/mol. The lowest BCUT2D eigenvalue weighted by atomic mass is 9.89. The highest BCUT2D eigenvalue weighted by atomic mass is 19.1. The van der Waals surface area contributed by atoms with E-state index in [0.29, 0.717) is 24.0 Å². The maximum atomic E-state index is 13.1. The predicted octanol–water partition coefficient (Wildman–Crippen LogP) is 3.48. The van der Waals surface area contributed by atoms with Crippen molar-refractivity contribution in [3.63, 3.8) is 0 Å². The van der Waals surface area contributed by atoms with Crippen molar-refractivity contribution >= 4 is 0 Å². The zero-order valence-corrected chi connectivity index (χ0v) is 12.3. The molecule has 2 aromatic rings. The molecule has 0 bridgehead atoms. The van der Waals surface area contributed by atoms with Crippen LogP contribution in [0.1, 0.15) is 17.0 Å². The van der Waals surface area contributed by atoms with Gasteiger partial charge in [0.25, 0.3) is 0 Å². The number of hydrogen-bond donors (Lipinski definition) is 1. The van der Waals surface area contributed by atoms with E-state index >= 15 is 0 Å². The van der Waals surface area contributed by atoms with Crippen LogP contribution in [-0.2, 0) is 11.3 Å². The van der Waals surface area contributed by atoms with Gasteiger partial charge in [-0.15, -0.1) is 0 Å². The standard InChI is InChI=1S/C18H19F2NO/c19-16-6-13(7-17(20)8-16)11-22-12-15-9-21-10-18(15)14-4-2-1-3-5-14/h1-8,15,18,21H,9-12H2/t15-,18+/m0/s1. The Morgan fingerprint density at radius 3 is 2.45 bits per heavy atom. The summed E-state index contributed by atoms with van der Waals surface area (Å²) in [6.07, 6.45) is 0. The minimum absolute atomic E-state index is 0.229. The topological polar surface area (TPSA) is 21.3 Å². The monoisotopic (exact) mass is 303 g/mol.